The molecule has 1 aliphatic heterocycles. The molecule has 2 aliphatic rings. The highest BCUT2D eigenvalue weighted by Gasteiger charge is 2.37. The molecule has 1 saturated heterocycles. The second kappa shape index (κ2) is 6.55. The molecule has 0 radical (unpaired) electrons. The normalized spacial score (nSPS) is 23.3. The van der Waals surface area contributed by atoms with Crippen molar-refractivity contribution < 1.29 is 4.79 Å². The van der Waals surface area contributed by atoms with Gasteiger partial charge in [0.1, 0.15) is 0 Å². The van der Waals surface area contributed by atoms with Gasteiger partial charge in [-0.25, -0.2) is 0 Å². The summed E-state index contributed by atoms with van der Waals surface area (Å²) in [5.41, 5.74) is 0.495. The van der Waals surface area contributed by atoms with Crippen molar-refractivity contribution in [1.29, 1.82) is 0 Å². The summed E-state index contributed by atoms with van der Waals surface area (Å²) in [7, 11) is 1.95. The van der Waals surface area contributed by atoms with Gasteiger partial charge >= 0.3 is 0 Å². The Balaban J connectivity index is 1.83. The first-order chi connectivity index (χ1) is 8.76. The summed E-state index contributed by atoms with van der Waals surface area (Å²) in [6.07, 6.45) is 11.1. The summed E-state index contributed by atoms with van der Waals surface area (Å²) in [6.45, 7) is 3.00. The topological polar surface area (TPSA) is 32.3 Å². The quantitative estimate of drug-likeness (QED) is 0.780. The van der Waals surface area contributed by atoms with E-state index in [0.29, 0.717) is 11.3 Å². The molecule has 1 saturated carbocycles. The number of rotatable bonds is 4. The van der Waals surface area contributed by atoms with Crippen molar-refractivity contribution in [3.05, 3.63) is 0 Å². The summed E-state index contributed by atoms with van der Waals surface area (Å²) in [6, 6.07) is 0. The van der Waals surface area contributed by atoms with E-state index in [1.807, 2.05) is 7.05 Å². The predicted octanol–water partition coefficient (Wildman–Crippen LogP) is 2.56. The van der Waals surface area contributed by atoms with E-state index < -0.39 is 0 Å². The van der Waals surface area contributed by atoms with Gasteiger partial charge in [0.15, 0.2) is 0 Å². The van der Waals surface area contributed by atoms with Gasteiger partial charge in [0.25, 0.3) is 0 Å². The number of hydrogen-bond donors (Lipinski definition) is 1. The molecule has 1 spiro atoms. The van der Waals surface area contributed by atoms with Gasteiger partial charge < -0.3 is 10.2 Å². The molecule has 2 rings (SSSR count). The molecule has 0 aromatic heterocycles. The smallest absolute Gasteiger partial charge is 0.222 e. The maximum Gasteiger partial charge on any atom is 0.222 e. The number of carbonyl (C=O) groups is 1. The summed E-state index contributed by atoms with van der Waals surface area (Å²) >= 11 is 0. The minimum absolute atomic E-state index is 0.384. The number of amides is 1. The molecule has 0 aromatic carbocycles. The molecule has 3 heteroatoms. The van der Waals surface area contributed by atoms with E-state index in [4.69, 9.17) is 0 Å². The van der Waals surface area contributed by atoms with Crippen LogP contribution in [0.15, 0.2) is 0 Å². The Kier molecular flexibility index (Phi) is 5.04. The van der Waals surface area contributed by atoms with Crippen LogP contribution >= 0.6 is 0 Å². The van der Waals surface area contributed by atoms with E-state index in [1.54, 1.807) is 0 Å². The highest BCUT2D eigenvalue weighted by atomic mass is 16.2. The molecule has 104 valence electrons. The van der Waals surface area contributed by atoms with Crippen LogP contribution in [0, 0.1) is 5.41 Å². The van der Waals surface area contributed by atoms with Crippen molar-refractivity contribution in [2.75, 3.05) is 26.7 Å². The Bertz CT molecular complexity index is 266. The predicted molar refractivity (Wildman–Crippen MR) is 74.5 cm³/mol. The molecule has 0 unspecified atom stereocenters. The Morgan fingerprint density at radius 2 is 1.89 bits per heavy atom. The fraction of sp³-hybridized carbons (Fsp3) is 0.933. The molecule has 0 atom stereocenters. The Morgan fingerprint density at radius 1 is 1.17 bits per heavy atom. The van der Waals surface area contributed by atoms with Crippen molar-refractivity contribution in [2.24, 2.45) is 5.41 Å². The van der Waals surface area contributed by atoms with Crippen LogP contribution in [0.4, 0.5) is 0 Å². The zero-order valence-electron chi connectivity index (χ0n) is 11.8. The van der Waals surface area contributed by atoms with Gasteiger partial charge in [-0.15, -0.1) is 0 Å². The SMILES string of the molecule is CNCCCC(=O)N1CCCC2(CCCCC2)C1. The maximum atomic E-state index is 12.2. The number of nitrogens with zero attached hydrogens (tertiary/aromatic N) is 1. The largest absolute Gasteiger partial charge is 0.342 e. The van der Waals surface area contributed by atoms with Gasteiger partial charge in [0.2, 0.25) is 5.91 Å². The van der Waals surface area contributed by atoms with E-state index >= 15 is 0 Å². The minimum atomic E-state index is 0.384. The van der Waals surface area contributed by atoms with Crippen LogP contribution in [0.2, 0.25) is 0 Å². The first-order valence-corrected chi connectivity index (χ1v) is 7.68. The number of piperidine rings is 1. The lowest BCUT2D eigenvalue weighted by Crippen LogP contribution is -2.47. The summed E-state index contributed by atoms with van der Waals surface area (Å²) in [5, 5.41) is 3.11. The van der Waals surface area contributed by atoms with Gasteiger partial charge in [0, 0.05) is 19.5 Å². The number of likely N-dealkylation sites (tertiary alicyclic amines) is 1. The van der Waals surface area contributed by atoms with Crippen LogP contribution in [0.5, 0.6) is 0 Å². The molecule has 1 aliphatic carbocycles. The molecule has 18 heavy (non-hydrogen) atoms. The highest BCUT2D eigenvalue weighted by molar-refractivity contribution is 5.76. The standard InChI is InChI=1S/C15H28N2O/c1-16-11-5-7-14(18)17-12-6-10-15(13-17)8-3-2-4-9-15/h16H,2-13H2,1H3. The average molecular weight is 252 g/mol. The lowest BCUT2D eigenvalue weighted by molar-refractivity contribution is -0.135. The van der Waals surface area contributed by atoms with Crippen LogP contribution in [-0.4, -0.2) is 37.5 Å². The lowest BCUT2D eigenvalue weighted by Gasteiger charge is -2.45. The van der Waals surface area contributed by atoms with Gasteiger partial charge in [-0.1, -0.05) is 19.3 Å². The third-order valence-electron chi connectivity index (χ3n) is 4.75. The monoisotopic (exact) mass is 252 g/mol. The van der Waals surface area contributed by atoms with Crippen LogP contribution in [0.1, 0.15) is 57.8 Å². The van der Waals surface area contributed by atoms with Gasteiger partial charge in [-0.2, -0.15) is 0 Å². The fourth-order valence-electron chi connectivity index (χ4n) is 3.71. The van der Waals surface area contributed by atoms with E-state index in [2.05, 4.69) is 10.2 Å². The Labute approximate surface area is 111 Å². The molecule has 1 N–H and O–H groups in total. The average Bonchev–Trinajstić information content (AvgIpc) is 2.40. The van der Waals surface area contributed by atoms with E-state index in [0.717, 1.165) is 32.5 Å². The fourth-order valence-corrected chi connectivity index (χ4v) is 3.71. The van der Waals surface area contributed by atoms with Crippen molar-refractivity contribution >= 4 is 5.91 Å². The lowest BCUT2D eigenvalue weighted by atomic mass is 9.69. The number of nitrogens with one attached hydrogen (secondary N) is 1. The Morgan fingerprint density at radius 3 is 2.61 bits per heavy atom. The molecule has 3 nitrogen and oxygen atoms in total. The van der Waals surface area contributed by atoms with Crippen molar-refractivity contribution in [1.82, 2.24) is 10.2 Å². The summed E-state index contributed by atoms with van der Waals surface area (Å²) in [4.78, 5) is 14.4. The minimum Gasteiger partial charge on any atom is -0.342 e. The molecule has 2 fully saturated rings. The van der Waals surface area contributed by atoms with Crippen molar-refractivity contribution in [3.8, 4) is 0 Å². The van der Waals surface area contributed by atoms with Crippen LogP contribution < -0.4 is 5.32 Å². The molecular formula is C15H28N2O. The molecular weight excluding hydrogens is 224 g/mol. The zero-order valence-corrected chi connectivity index (χ0v) is 11.8. The second-order valence-corrected chi connectivity index (χ2v) is 6.19. The van der Waals surface area contributed by atoms with E-state index in [-0.39, 0.29) is 0 Å². The van der Waals surface area contributed by atoms with Gasteiger partial charge in [0.05, 0.1) is 0 Å². The molecule has 1 heterocycles. The summed E-state index contributed by atoms with van der Waals surface area (Å²) < 4.78 is 0. The number of hydrogen-bond acceptors (Lipinski definition) is 2. The second-order valence-electron chi connectivity index (χ2n) is 6.19. The highest BCUT2D eigenvalue weighted by Crippen LogP contribution is 2.43. The third-order valence-corrected chi connectivity index (χ3v) is 4.75. The van der Waals surface area contributed by atoms with Gasteiger partial charge in [-0.05, 0) is 51.1 Å². The number of carbonyl (C=O) groups excluding carboxylic acids is 1. The first kappa shape index (κ1) is 13.9. The Hall–Kier alpha value is -0.570. The van der Waals surface area contributed by atoms with E-state index in [1.165, 1.54) is 44.9 Å². The first-order valence-electron chi connectivity index (χ1n) is 7.68. The van der Waals surface area contributed by atoms with Crippen LogP contribution in [0.25, 0.3) is 0 Å². The van der Waals surface area contributed by atoms with Crippen LogP contribution in [-0.2, 0) is 4.79 Å². The van der Waals surface area contributed by atoms with Gasteiger partial charge in [-0.3, -0.25) is 4.79 Å². The molecule has 1 amide bonds. The summed E-state index contributed by atoms with van der Waals surface area (Å²) in [5.74, 6) is 0.384. The zero-order chi connectivity index (χ0) is 12.8. The third kappa shape index (κ3) is 3.47. The molecule has 0 aromatic rings. The molecule has 0 bridgehead atoms. The maximum absolute atomic E-state index is 12.2. The van der Waals surface area contributed by atoms with E-state index in [9.17, 15) is 4.79 Å². The van der Waals surface area contributed by atoms with Crippen LogP contribution in [0.3, 0.4) is 0 Å². The van der Waals surface area contributed by atoms with Crippen molar-refractivity contribution in [3.63, 3.8) is 0 Å². The van der Waals surface area contributed by atoms with Crippen molar-refractivity contribution in [2.45, 2.75) is 57.8 Å².